The van der Waals surface area contributed by atoms with E-state index >= 15 is 0 Å². The molecule has 0 spiro atoms. The fourth-order valence-corrected chi connectivity index (χ4v) is 19.5. The Morgan fingerprint density at radius 3 is 1.14 bits per heavy atom. The molecule has 123 heavy (non-hydrogen) atoms. The summed E-state index contributed by atoms with van der Waals surface area (Å²) in [5.41, 5.74) is 11.2. The third-order valence-corrected chi connectivity index (χ3v) is 25.1. The number of carbonyl (C=O) groups is 9. The maximum Gasteiger partial charge on any atom is 0.255 e. The van der Waals surface area contributed by atoms with Crippen LogP contribution in [-0.2, 0) is 93.4 Å². The van der Waals surface area contributed by atoms with Crippen LogP contribution < -0.4 is 43.0 Å². The summed E-state index contributed by atoms with van der Waals surface area (Å²) in [6, 6.07) is 8.64. The normalized spacial score (nSPS) is 26.0. The molecule has 0 radical (unpaired) electrons. The first-order valence-corrected chi connectivity index (χ1v) is 40.3. The van der Waals surface area contributed by atoms with Gasteiger partial charge in [0.25, 0.3) is 17.7 Å². The van der Waals surface area contributed by atoms with Gasteiger partial charge in [0.1, 0.15) is 81.4 Å². The number of amides is 3. The third kappa shape index (κ3) is 15.7. The zero-order valence-corrected chi connectivity index (χ0v) is 71.7. The van der Waals surface area contributed by atoms with Crippen molar-refractivity contribution < 1.29 is 114 Å². The number of nitrogens with zero attached hydrogens (tertiary/aromatic N) is 6. The Hall–Kier alpha value is -11.5. The Morgan fingerprint density at radius 1 is 0.496 bits per heavy atom. The highest BCUT2D eigenvalue weighted by atomic mass is 16.6. The SMILES string of the molecule is CC(C)CNCc1cc(N(C)C)c2c(c1O)C(O)=C1C(=O)[C@]3(O)C(O)=C(C(N)=O)C(=O)[C@H](N(C)C)[C@@H]3C[C@@H]1C2.CN(C)c1cc(CNCc2ccc(O)cc2)c(O)c2c1C[C@H]1C[C@H]3[C@H](N(C)C)C(=O)C(C(N)=O)=C(O)[C@@]3(O)C(=O)C1=C2O.CO/N=C/c1cc(CNCC(C)(C)C)c(O)c2c1C[C@H]1C[C@H]3[C@H](N(C)C)C(=O)C(C(N)=O)=C(O)[C@@]3(O)C(=O)C1=C2O. The number of benzene rings is 4. The highest BCUT2D eigenvalue weighted by Crippen LogP contribution is 2.58. The van der Waals surface area contributed by atoms with Crippen molar-refractivity contribution in [3.63, 3.8) is 0 Å². The molecule has 3 saturated carbocycles. The molecule has 12 atom stereocenters. The number of aliphatic hydroxyl groups excluding tert-OH is 6. The zero-order chi connectivity index (χ0) is 91.3. The van der Waals surface area contributed by atoms with Gasteiger partial charge in [0.2, 0.25) is 17.3 Å². The Labute approximate surface area is 710 Å². The minimum atomic E-state index is -2.69. The van der Waals surface area contributed by atoms with Crippen LogP contribution in [0.2, 0.25) is 0 Å². The summed E-state index contributed by atoms with van der Waals surface area (Å²) < 4.78 is 0. The second kappa shape index (κ2) is 34.3. The number of fused-ring (bicyclic) bond motifs is 9. The zero-order valence-electron chi connectivity index (χ0n) is 71.7. The van der Waals surface area contributed by atoms with E-state index in [1.165, 1.54) is 28.0 Å². The van der Waals surface area contributed by atoms with Crippen molar-refractivity contribution >= 4 is 87.3 Å². The summed E-state index contributed by atoms with van der Waals surface area (Å²) >= 11 is 0. The third-order valence-electron chi connectivity index (χ3n) is 25.1. The monoisotopic (exact) mass is 1700 g/mol. The Balaban J connectivity index is 0.000000180. The van der Waals surface area contributed by atoms with Crippen molar-refractivity contribution in [1.82, 2.24) is 30.7 Å². The van der Waals surface area contributed by atoms with Crippen molar-refractivity contribution in [2.24, 2.45) is 69.2 Å². The van der Waals surface area contributed by atoms with E-state index in [0.717, 1.165) is 11.3 Å². The first-order valence-electron chi connectivity index (χ1n) is 40.3. The fraction of sp³-hybridized carbons (Fsp3) is 0.477. The smallest absolute Gasteiger partial charge is 0.255 e. The number of aromatic hydroxyl groups is 4. The lowest BCUT2D eigenvalue weighted by molar-refractivity contribution is -0.155. The van der Waals surface area contributed by atoms with Gasteiger partial charge in [0.15, 0.2) is 34.2 Å². The average Bonchev–Trinajstić information content (AvgIpc) is 0.706. The molecule has 0 unspecified atom stereocenters. The molecule has 35 heteroatoms. The minimum absolute atomic E-state index is 0.00226. The number of rotatable bonds is 21. The first kappa shape index (κ1) is 92.2. The van der Waals surface area contributed by atoms with Crippen LogP contribution in [0.4, 0.5) is 11.4 Å². The molecule has 3 fully saturated rings. The van der Waals surface area contributed by atoms with Crippen molar-refractivity contribution in [3.8, 4) is 23.0 Å². The van der Waals surface area contributed by atoms with Crippen LogP contribution >= 0.6 is 0 Å². The van der Waals surface area contributed by atoms with E-state index in [0.29, 0.717) is 76.7 Å². The first-order chi connectivity index (χ1) is 57.4. The second-order valence-electron chi connectivity index (χ2n) is 35.9. The van der Waals surface area contributed by atoms with Gasteiger partial charge in [-0.25, -0.2) is 0 Å². The molecule has 3 amide bonds. The van der Waals surface area contributed by atoms with Gasteiger partial charge < -0.3 is 114 Å². The highest BCUT2D eigenvalue weighted by molar-refractivity contribution is 6.27. The van der Waals surface area contributed by atoms with E-state index in [4.69, 9.17) is 22.0 Å². The number of hydrogen-bond donors (Lipinski definition) is 19. The number of phenols is 4. The van der Waals surface area contributed by atoms with Gasteiger partial charge in [0.05, 0.1) is 41.0 Å². The van der Waals surface area contributed by atoms with E-state index in [9.17, 15) is 110 Å². The predicted octanol–water partition coefficient (Wildman–Crippen LogP) is 2.88. The van der Waals surface area contributed by atoms with E-state index < -0.39 is 174 Å². The number of likely N-dealkylation sites (N-methyl/N-ethyl adjacent to an activating group) is 3. The molecule has 0 saturated heterocycles. The minimum Gasteiger partial charge on any atom is -0.508 e. The van der Waals surface area contributed by atoms with Crippen molar-refractivity contribution in [1.29, 1.82) is 0 Å². The number of ketones is 6. The lowest BCUT2D eigenvalue weighted by Crippen LogP contribution is -2.65. The number of oxime groups is 1. The van der Waals surface area contributed by atoms with Gasteiger partial charge in [0, 0.05) is 129 Å². The van der Waals surface area contributed by atoms with Crippen LogP contribution in [0.3, 0.4) is 0 Å². The molecule has 4 aromatic carbocycles. The van der Waals surface area contributed by atoms with Gasteiger partial charge in [-0.15, -0.1) is 0 Å². The Bertz CT molecular complexity index is 5340. The fourth-order valence-electron chi connectivity index (χ4n) is 19.5. The van der Waals surface area contributed by atoms with E-state index in [1.807, 2.05) is 44.1 Å². The summed E-state index contributed by atoms with van der Waals surface area (Å²) in [7, 11) is 18.1. The van der Waals surface area contributed by atoms with Crippen molar-refractivity contribution in [2.45, 2.75) is 134 Å². The Kier molecular flexibility index (Phi) is 25.7. The van der Waals surface area contributed by atoms with E-state index in [2.05, 4.69) is 55.7 Å². The standard InChI is InChI=1S/C31H36N4O8.C29H38N4O8.C28H38N4O7/c1-34(2)20-11-16(13-33-12-14-5-7-17(36)8-6-14)25(37)22-18(20)9-15-10-19-24(35(3)4)27(39)23(30(32)42)29(41)31(19,43)28(40)21(15)26(22)38;1-28(2,3)12-31-10-15-7-14(11-32-41-6)16-8-13-9-17-21(33(4)5)24(36)20(27(30)39)26(38)29(17,40)25(37)18(13)23(35)19(16)22(15)34;1-12(2)10-30-11-14-9-17(31(3)4)15-7-13-8-16-21(32(5)6)24(35)20(27(29)38)26(37)28(16,39)25(36)18(13)23(34)19(15)22(14)33/h5-8,11,15,19,24,33,36-38,41,43H,9-10,12-13H2,1-4H3,(H2,32,42);7,11,13,17,21,31,34-35,38,40H,8-10,12H2,1-6H3,(H2,30,39);9,12-13,16,21,30,33-34,37,39H,7-8,10-11H2,1-6H3,(H2,29,38)/b;32-11+;/t15-,19-,24-,31-;13-,17-,21-,29-;13-,16-,21+,28-/m000/s1. The summed E-state index contributed by atoms with van der Waals surface area (Å²) in [6.45, 7) is 12.8. The number of nitrogens with one attached hydrogen (secondary N) is 3. The summed E-state index contributed by atoms with van der Waals surface area (Å²) in [4.78, 5) is 131. The number of aliphatic hydroxyl groups is 9. The topological polar surface area (TPSA) is 569 Å². The average molecular weight is 1710 g/mol. The number of phenolic OH excluding ortho intramolecular Hbond substituents is 4. The van der Waals surface area contributed by atoms with Crippen LogP contribution in [0.15, 0.2) is 98.3 Å². The van der Waals surface area contributed by atoms with Crippen molar-refractivity contribution in [3.05, 3.63) is 154 Å². The number of hydrogen-bond acceptors (Lipinski definition) is 32. The van der Waals surface area contributed by atoms with Gasteiger partial charge in [-0.1, -0.05) is 51.9 Å². The second-order valence-corrected chi connectivity index (χ2v) is 35.9. The quantitative estimate of drug-likeness (QED) is 0.0324. The largest absolute Gasteiger partial charge is 0.508 e. The maximum atomic E-state index is 14.1. The van der Waals surface area contributed by atoms with Gasteiger partial charge in [-0.05, 0) is 169 Å². The Morgan fingerprint density at radius 2 is 0.821 bits per heavy atom. The van der Waals surface area contributed by atoms with Gasteiger partial charge in [-0.3, -0.25) is 57.9 Å². The van der Waals surface area contributed by atoms with Gasteiger partial charge >= 0.3 is 0 Å². The van der Waals surface area contributed by atoms with Crippen LogP contribution in [0.1, 0.15) is 115 Å². The number of anilines is 2. The van der Waals surface area contributed by atoms with E-state index in [1.54, 1.807) is 78.7 Å². The van der Waals surface area contributed by atoms with Crippen LogP contribution in [0.5, 0.6) is 23.0 Å². The molecule has 0 heterocycles. The molecule has 0 aliphatic heterocycles. The maximum absolute atomic E-state index is 14.1. The molecule has 9 aliphatic carbocycles. The molecule has 662 valence electrons. The molecule has 35 nitrogen and oxygen atoms in total. The predicted molar refractivity (Wildman–Crippen MR) is 452 cm³/mol. The number of primary amides is 3. The molecule has 22 N–H and O–H groups in total. The summed E-state index contributed by atoms with van der Waals surface area (Å²) in [6.07, 6.45) is 2.13. The number of nitrogens with two attached hydrogens (primary N) is 3. The van der Waals surface area contributed by atoms with Crippen LogP contribution in [0, 0.1) is 46.8 Å². The molecule has 13 rings (SSSR count). The lowest BCUT2D eigenvalue weighted by Gasteiger charge is -2.50. The van der Waals surface area contributed by atoms with Gasteiger partial charge in [-0.2, -0.15) is 0 Å². The van der Waals surface area contributed by atoms with Crippen LogP contribution in [-0.4, -0.2) is 265 Å². The molecular weight excluding hydrogens is 1590 g/mol. The highest BCUT2D eigenvalue weighted by Gasteiger charge is 2.68. The molecular formula is C88H112N12O23. The summed E-state index contributed by atoms with van der Waals surface area (Å²) in [5, 5.41) is 160. The number of Topliss-reactive ketones (excluding diaryl/α,β-unsaturated/α-hetero) is 6. The number of carbonyl (C=O) groups excluding carboxylic acids is 9. The van der Waals surface area contributed by atoms with E-state index in [-0.39, 0.29) is 113 Å². The molecule has 4 aromatic rings. The molecule has 0 bridgehead atoms. The van der Waals surface area contributed by atoms with Crippen molar-refractivity contribution in [2.75, 3.05) is 100 Å². The molecule has 9 aliphatic rings. The summed E-state index contributed by atoms with van der Waals surface area (Å²) in [5.74, 6) is -19.7. The lowest BCUT2D eigenvalue weighted by atomic mass is 9.57. The van der Waals surface area contributed by atoms with Crippen LogP contribution in [0.25, 0.3) is 17.3 Å². The molecule has 0 aromatic heterocycles.